The molecule has 0 fully saturated rings. The van der Waals surface area contributed by atoms with Gasteiger partial charge in [-0.3, -0.25) is 0 Å². The summed E-state index contributed by atoms with van der Waals surface area (Å²) < 4.78 is 0. The van der Waals surface area contributed by atoms with Crippen molar-refractivity contribution in [1.82, 2.24) is 0 Å². The average Bonchev–Trinajstić information content (AvgIpc) is 3.36. The van der Waals surface area contributed by atoms with E-state index in [1.807, 2.05) is 0 Å². The number of fused-ring (bicyclic) bond motifs is 6. The summed E-state index contributed by atoms with van der Waals surface area (Å²) in [6, 6.07) is 35.2. The van der Waals surface area contributed by atoms with E-state index in [0.717, 1.165) is 0 Å². The Kier molecular flexibility index (Phi) is 10.0. The number of hydrogen-bond acceptors (Lipinski definition) is 0. The van der Waals surface area contributed by atoms with Gasteiger partial charge in [0.25, 0.3) is 0 Å². The van der Waals surface area contributed by atoms with Crippen molar-refractivity contribution in [1.29, 1.82) is 0 Å². The van der Waals surface area contributed by atoms with Crippen LogP contribution in [0.15, 0.2) is 97.1 Å². The van der Waals surface area contributed by atoms with Crippen molar-refractivity contribution >= 4 is 46.4 Å². The molecular weight excluding hydrogens is 571 g/mol. The van der Waals surface area contributed by atoms with Crippen LogP contribution < -0.4 is 0 Å². The first-order valence-corrected chi connectivity index (χ1v) is 12.3. The van der Waals surface area contributed by atoms with E-state index in [1.54, 1.807) is 0 Å². The second-order valence-corrected chi connectivity index (χ2v) is 11.5. The molecule has 6 rings (SSSR count). The van der Waals surface area contributed by atoms with Gasteiger partial charge in [0, 0.05) is 0 Å². The van der Waals surface area contributed by atoms with Gasteiger partial charge >= 0.3 is 26.2 Å². The summed E-state index contributed by atoms with van der Waals surface area (Å²) in [5, 5.41) is 5.43. The minimum absolute atomic E-state index is 0. The van der Waals surface area contributed by atoms with E-state index < -0.39 is 0 Å². The normalized spacial score (nSPS) is 11.4. The minimum atomic E-state index is 0. The molecule has 37 heavy (non-hydrogen) atoms. The molecule has 4 aliphatic carbocycles. The zero-order chi connectivity index (χ0) is 24.1. The molecule has 0 spiro atoms. The molecule has 0 nitrogen and oxygen atoms in total. The fourth-order valence-electron chi connectivity index (χ4n) is 5.27. The molecule has 190 valence electrons. The molecule has 0 aromatic heterocycles. The molecule has 0 aliphatic heterocycles. The molecule has 2 aromatic rings. The zero-order valence-electron chi connectivity index (χ0n) is 22.6. The van der Waals surface area contributed by atoms with Crippen molar-refractivity contribution < 1.29 is 26.2 Å². The Labute approximate surface area is 253 Å². The predicted molar refractivity (Wildman–Crippen MR) is 164 cm³/mol. The smallest absolute Gasteiger partial charge is 0.147 e. The van der Waals surface area contributed by atoms with Crippen molar-refractivity contribution in [3.8, 4) is 22.3 Å². The Balaban J connectivity index is 0.000000241. The Morgan fingerprint density at radius 3 is 1.19 bits per heavy atom. The Morgan fingerprint density at radius 2 is 0.838 bits per heavy atom. The Bertz CT molecular complexity index is 1400. The second-order valence-electron chi connectivity index (χ2n) is 11.5. The van der Waals surface area contributed by atoms with Gasteiger partial charge in [-0.2, -0.15) is 0 Å². The molecule has 0 radical (unpaired) electrons. The summed E-state index contributed by atoms with van der Waals surface area (Å²) in [5.41, 5.74) is 8.84. The van der Waals surface area contributed by atoms with E-state index in [2.05, 4.69) is 139 Å². The summed E-state index contributed by atoms with van der Waals surface area (Å²) >= 11 is 0. The zero-order valence-corrected chi connectivity index (χ0v) is 26.6. The maximum atomic E-state index is 2.32. The van der Waals surface area contributed by atoms with Gasteiger partial charge in [0.1, 0.15) is 0 Å². The van der Waals surface area contributed by atoms with Crippen LogP contribution >= 0.6 is 24.8 Å². The molecule has 0 bridgehead atoms. The maximum Gasteiger partial charge on any atom is 2.00 e. The topological polar surface area (TPSA) is 0 Å². The van der Waals surface area contributed by atoms with E-state index >= 15 is 0 Å². The van der Waals surface area contributed by atoms with Crippen LogP contribution in [0.5, 0.6) is 0 Å². The summed E-state index contributed by atoms with van der Waals surface area (Å²) in [6.07, 6.45) is 0. The molecular formula is C34H36Cl2Zr. The minimum Gasteiger partial charge on any atom is -0.147 e. The number of benzene rings is 4. The Morgan fingerprint density at radius 1 is 0.486 bits per heavy atom. The van der Waals surface area contributed by atoms with Crippen LogP contribution in [0.3, 0.4) is 0 Å². The van der Waals surface area contributed by atoms with Crippen LogP contribution in [0, 0.1) is 0 Å². The molecule has 0 atom stereocenters. The molecule has 0 amide bonds. The van der Waals surface area contributed by atoms with E-state index in [1.165, 1.54) is 54.9 Å². The van der Waals surface area contributed by atoms with Gasteiger partial charge in [-0.1, -0.05) is 112 Å². The molecule has 0 saturated heterocycles. The fourth-order valence-corrected chi connectivity index (χ4v) is 5.27. The maximum absolute atomic E-state index is 2.32. The van der Waals surface area contributed by atoms with E-state index in [0.29, 0.717) is 0 Å². The summed E-state index contributed by atoms with van der Waals surface area (Å²) in [5.74, 6) is 0. The van der Waals surface area contributed by atoms with Gasteiger partial charge in [0.05, 0.1) is 0 Å². The van der Waals surface area contributed by atoms with Gasteiger partial charge in [-0.25, -0.2) is 0 Å². The number of halogens is 2. The summed E-state index contributed by atoms with van der Waals surface area (Å²) in [4.78, 5) is 0. The molecule has 0 saturated carbocycles. The number of hydrogen-bond donors (Lipinski definition) is 0. The molecule has 0 heterocycles. The van der Waals surface area contributed by atoms with Gasteiger partial charge in [-0.15, -0.1) is 107 Å². The van der Waals surface area contributed by atoms with Crippen molar-refractivity contribution in [3.05, 3.63) is 108 Å². The van der Waals surface area contributed by atoms with Crippen LogP contribution in [-0.4, -0.2) is 0 Å². The number of rotatable bonds is 0. The van der Waals surface area contributed by atoms with Crippen LogP contribution in [-0.2, 0) is 37.0 Å². The van der Waals surface area contributed by atoms with Crippen LogP contribution in [0.25, 0.3) is 43.8 Å². The van der Waals surface area contributed by atoms with Gasteiger partial charge in [0.2, 0.25) is 0 Å². The van der Waals surface area contributed by atoms with Crippen LogP contribution in [0.2, 0.25) is 0 Å². The van der Waals surface area contributed by atoms with Gasteiger partial charge < -0.3 is 0 Å². The standard InChI is InChI=1S/2C17H17.2ClH.Zr/c2*1-17(2,3)16-10-6-9-14-13-8-5-4-7-12(13)11-15(14)16;;;/h2*4-11H,1-3H3;2*1H;/q2*-1;;;+2. The van der Waals surface area contributed by atoms with Gasteiger partial charge in [0.15, 0.2) is 0 Å². The predicted octanol–water partition coefficient (Wildman–Crippen LogP) is 10.8. The third kappa shape index (κ3) is 6.06. The van der Waals surface area contributed by atoms with Crippen LogP contribution in [0.1, 0.15) is 52.7 Å². The first kappa shape index (κ1) is 31.3. The summed E-state index contributed by atoms with van der Waals surface area (Å²) in [6.45, 7) is 13.7. The first-order chi connectivity index (χ1) is 16.1. The SMILES string of the molecule is CC(C)(C)[c-]1cccc2c3ccccc3cc1-2.CC(C)(C)[c-]1cccc2c3ccccc3cc1-2.Cl.Cl.[Zr+2]. The molecule has 0 unspecified atom stereocenters. The van der Waals surface area contributed by atoms with Crippen molar-refractivity contribution in [2.45, 2.75) is 52.4 Å². The van der Waals surface area contributed by atoms with Crippen LogP contribution in [0.4, 0.5) is 0 Å². The average molecular weight is 607 g/mol. The van der Waals surface area contributed by atoms with Crippen molar-refractivity contribution in [2.24, 2.45) is 0 Å². The monoisotopic (exact) mass is 604 g/mol. The third-order valence-corrected chi connectivity index (χ3v) is 6.93. The molecule has 2 aromatic carbocycles. The van der Waals surface area contributed by atoms with E-state index in [9.17, 15) is 0 Å². The quantitative estimate of drug-likeness (QED) is 0.151. The van der Waals surface area contributed by atoms with E-state index in [-0.39, 0.29) is 61.8 Å². The summed E-state index contributed by atoms with van der Waals surface area (Å²) in [7, 11) is 0. The van der Waals surface area contributed by atoms with E-state index in [4.69, 9.17) is 0 Å². The molecule has 4 aliphatic rings. The molecule has 3 heteroatoms. The van der Waals surface area contributed by atoms with Gasteiger partial charge in [-0.05, 0) is 10.8 Å². The first-order valence-electron chi connectivity index (χ1n) is 12.3. The van der Waals surface area contributed by atoms with Crippen molar-refractivity contribution in [3.63, 3.8) is 0 Å². The Hall–Kier alpha value is -1.92. The molecule has 0 N–H and O–H groups in total. The second kappa shape index (κ2) is 11.9. The largest absolute Gasteiger partial charge is 2.00 e. The van der Waals surface area contributed by atoms with Crippen molar-refractivity contribution in [2.75, 3.05) is 0 Å². The third-order valence-electron chi connectivity index (χ3n) is 6.93. The fraction of sp³-hybridized carbons (Fsp3) is 0.235.